The smallest absolute Gasteiger partial charge is 0.251 e. The number of rotatable bonds is 10. The molecule has 0 aliphatic rings. The van der Waals surface area contributed by atoms with Gasteiger partial charge in [-0.25, -0.2) is 0 Å². The lowest BCUT2D eigenvalue weighted by molar-refractivity contribution is -0.116. The van der Waals surface area contributed by atoms with Gasteiger partial charge in [-0.3, -0.25) is 14.4 Å². The second-order valence-electron chi connectivity index (χ2n) is 6.62. The van der Waals surface area contributed by atoms with Crippen LogP contribution < -0.4 is 21.3 Å². The summed E-state index contributed by atoms with van der Waals surface area (Å²) in [7, 11) is 0. The van der Waals surface area contributed by atoms with Crippen LogP contribution >= 0.6 is 0 Å². The Bertz CT molecular complexity index is 851. The van der Waals surface area contributed by atoms with Crippen LogP contribution in [-0.2, 0) is 9.59 Å². The summed E-state index contributed by atoms with van der Waals surface area (Å²) in [4.78, 5) is 36.0. The van der Waals surface area contributed by atoms with E-state index in [9.17, 15) is 14.4 Å². The van der Waals surface area contributed by atoms with Gasteiger partial charge in [0.1, 0.15) is 0 Å². The van der Waals surface area contributed by atoms with Gasteiger partial charge in [0.2, 0.25) is 11.8 Å². The zero-order valence-electron chi connectivity index (χ0n) is 16.9. The number of hydrogen-bond donors (Lipinski definition) is 4. The standard InChI is InChI=1S/C22H28N4O3/c1-3-7-20(27)25-19-11-6-9-17(14-19)24-15-21(28)26-18-10-5-8-16(13-18)22(29)23-12-4-2/h5-6,8-11,13-14,24H,3-4,7,12,15H2,1-2H3,(H,23,29)(H,25,27)(H,26,28). The molecule has 2 rings (SSSR count). The lowest BCUT2D eigenvalue weighted by Crippen LogP contribution is -2.25. The Morgan fingerprint density at radius 3 is 2.17 bits per heavy atom. The summed E-state index contributed by atoms with van der Waals surface area (Å²) in [6.45, 7) is 4.60. The fourth-order valence-corrected chi connectivity index (χ4v) is 2.62. The summed E-state index contributed by atoms with van der Waals surface area (Å²) in [5, 5.41) is 11.4. The normalized spacial score (nSPS) is 10.1. The Morgan fingerprint density at radius 2 is 1.45 bits per heavy atom. The number of nitrogens with one attached hydrogen (secondary N) is 4. The maximum absolute atomic E-state index is 12.2. The highest BCUT2D eigenvalue weighted by Crippen LogP contribution is 2.16. The van der Waals surface area contributed by atoms with E-state index in [2.05, 4.69) is 21.3 Å². The fraction of sp³-hybridized carbons (Fsp3) is 0.318. The van der Waals surface area contributed by atoms with Crippen LogP contribution in [0.15, 0.2) is 48.5 Å². The number of hydrogen-bond acceptors (Lipinski definition) is 4. The van der Waals surface area contributed by atoms with E-state index in [-0.39, 0.29) is 24.3 Å². The summed E-state index contributed by atoms with van der Waals surface area (Å²) in [6, 6.07) is 14.0. The first kappa shape index (κ1) is 21.9. The molecule has 0 saturated carbocycles. The van der Waals surface area contributed by atoms with Crippen LogP contribution in [-0.4, -0.2) is 30.8 Å². The van der Waals surface area contributed by atoms with Gasteiger partial charge in [0.25, 0.3) is 5.91 Å². The van der Waals surface area contributed by atoms with Crippen molar-refractivity contribution in [3.63, 3.8) is 0 Å². The molecule has 0 heterocycles. The quantitative estimate of drug-likeness (QED) is 0.493. The van der Waals surface area contributed by atoms with Gasteiger partial charge in [0.15, 0.2) is 0 Å². The largest absolute Gasteiger partial charge is 0.376 e. The van der Waals surface area contributed by atoms with E-state index < -0.39 is 0 Å². The summed E-state index contributed by atoms with van der Waals surface area (Å²) in [6.07, 6.45) is 2.11. The third kappa shape index (κ3) is 7.65. The summed E-state index contributed by atoms with van der Waals surface area (Å²) < 4.78 is 0. The van der Waals surface area contributed by atoms with Crippen molar-refractivity contribution < 1.29 is 14.4 Å². The van der Waals surface area contributed by atoms with Crippen LogP contribution in [0.25, 0.3) is 0 Å². The molecule has 29 heavy (non-hydrogen) atoms. The molecule has 154 valence electrons. The van der Waals surface area contributed by atoms with Crippen molar-refractivity contribution in [3.05, 3.63) is 54.1 Å². The van der Waals surface area contributed by atoms with Gasteiger partial charge in [0, 0.05) is 35.6 Å². The summed E-state index contributed by atoms with van der Waals surface area (Å²) in [5.41, 5.74) is 2.46. The highest BCUT2D eigenvalue weighted by molar-refractivity contribution is 5.98. The number of anilines is 3. The first-order chi connectivity index (χ1) is 14.0. The molecule has 0 atom stereocenters. The number of carbonyl (C=O) groups is 3. The van der Waals surface area contributed by atoms with Crippen molar-refractivity contribution in [1.82, 2.24) is 5.32 Å². The monoisotopic (exact) mass is 396 g/mol. The van der Waals surface area contributed by atoms with Crippen molar-refractivity contribution in [2.75, 3.05) is 29.0 Å². The second kappa shape index (κ2) is 11.5. The third-order valence-electron chi connectivity index (χ3n) is 4.02. The lowest BCUT2D eigenvalue weighted by Gasteiger charge is -2.11. The summed E-state index contributed by atoms with van der Waals surface area (Å²) in [5.74, 6) is -0.440. The van der Waals surface area contributed by atoms with E-state index in [4.69, 9.17) is 0 Å². The van der Waals surface area contributed by atoms with Crippen molar-refractivity contribution in [1.29, 1.82) is 0 Å². The minimum Gasteiger partial charge on any atom is -0.376 e. The van der Waals surface area contributed by atoms with Gasteiger partial charge in [-0.2, -0.15) is 0 Å². The van der Waals surface area contributed by atoms with Gasteiger partial charge in [0.05, 0.1) is 6.54 Å². The molecular formula is C22H28N4O3. The van der Waals surface area contributed by atoms with Crippen molar-refractivity contribution >= 4 is 34.8 Å². The molecule has 0 aliphatic heterocycles. The van der Waals surface area contributed by atoms with E-state index >= 15 is 0 Å². The molecule has 4 N–H and O–H groups in total. The zero-order chi connectivity index (χ0) is 21.1. The molecule has 0 saturated heterocycles. The molecule has 3 amide bonds. The molecule has 0 aromatic heterocycles. The molecule has 0 spiro atoms. The average molecular weight is 396 g/mol. The zero-order valence-corrected chi connectivity index (χ0v) is 16.9. The predicted octanol–water partition coefficient (Wildman–Crippen LogP) is 3.62. The lowest BCUT2D eigenvalue weighted by atomic mass is 10.2. The molecule has 0 radical (unpaired) electrons. The van der Waals surface area contributed by atoms with Crippen LogP contribution in [0.2, 0.25) is 0 Å². The van der Waals surface area contributed by atoms with Crippen molar-refractivity contribution in [2.24, 2.45) is 0 Å². The molecule has 2 aromatic carbocycles. The average Bonchev–Trinajstić information content (AvgIpc) is 2.71. The minimum atomic E-state index is -0.239. The number of benzene rings is 2. The molecular weight excluding hydrogens is 368 g/mol. The number of amides is 3. The van der Waals surface area contributed by atoms with Gasteiger partial charge in [-0.15, -0.1) is 0 Å². The predicted molar refractivity (Wildman–Crippen MR) is 116 cm³/mol. The Labute approximate surface area is 171 Å². The van der Waals surface area contributed by atoms with Crippen molar-refractivity contribution in [3.8, 4) is 0 Å². The first-order valence-corrected chi connectivity index (χ1v) is 9.83. The molecule has 0 fully saturated rings. The van der Waals surface area contributed by atoms with Crippen LogP contribution in [0.4, 0.5) is 17.1 Å². The first-order valence-electron chi connectivity index (χ1n) is 9.83. The van der Waals surface area contributed by atoms with E-state index in [1.54, 1.807) is 42.5 Å². The van der Waals surface area contributed by atoms with Crippen molar-refractivity contribution in [2.45, 2.75) is 33.1 Å². The SMILES string of the molecule is CCCNC(=O)c1cccc(NC(=O)CNc2cccc(NC(=O)CCC)c2)c1. The van der Waals surface area contributed by atoms with E-state index in [0.717, 1.165) is 18.5 Å². The maximum Gasteiger partial charge on any atom is 0.251 e. The fourth-order valence-electron chi connectivity index (χ4n) is 2.62. The number of carbonyl (C=O) groups excluding carboxylic acids is 3. The van der Waals surface area contributed by atoms with Crippen LogP contribution in [0.3, 0.4) is 0 Å². The maximum atomic E-state index is 12.2. The van der Waals surface area contributed by atoms with Gasteiger partial charge in [-0.1, -0.05) is 26.0 Å². The molecule has 0 bridgehead atoms. The van der Waals surface area contributed by atoms with Crippen LogP contribution in [0.1, 0.15) is 43.5 Å². The topological polar surface area (TPSA) is 99.3 Å². The van der Waals surface area contributed by atoms with Gasteiger partial charge in [-0.05, 0) is 49.2 Å². The van der Waals surface area contributed by atoms with E-state index in [0.29, 0.717) is 29.9 Å². The Balaban J connectivity index is 1.89. The Kier molecular flexibility index (Phi) is 8.69. The Morgan fingerprint density at radius 1 is 0.793 bits per heavy atom. The van der Waals surface area contributed by atoms with Gasteiger partial charge >= 0.3 is 0 Å². The van der Waals surface area contributed by atoms with Crippen LogP contribution in [0.5, 0.6) is 0 Å². The highest BCUT2D eigenvalue weighted by Gasteiger charge is 2.08. The van der Waals surface area contributed by atoms with E-state index in [1.165, 1.54) is 0 Å². The molecule has 0 unspecified atom stereocenters. The molecule has 7 nitrogen and oxygen atoms in total. The Hall–Kier alpha value is -3.35. The highest BCUT2D eigenvalue weighted by atomic mass is 16.2. The summed E-state index contributed by atoms with van der Waals surface area (Å²) >= 11 is 0. The second-order valence-corrected chi connectivity index (χ2v) is 6.62. The van der Waals surface area contributed by atoms with Gasteiger partial charge < -0.3 is 21.3 Å². The third-order valence-corrected chi connectivity index (χ3v) is 4.02. The minimum absolute atomic E-state index is 0.0368. The molecule has 2 aromatic rings. The van der Waals surface area contributed by atoms with E-state index in [1.807, 2.05) is 19.9 Å². The molecule has 7 heteroatoms. The molecule has 0 aliphatic carbocycles. The van der Waals surface area contributed by atoms with Crippen LogP contribution in [0, 0.1) is 0 Å².